The molecule has 2 unspecified atom stereocenters. The maximum absolute atomic E-state index is 13.3. The van der Waals surface area contributed by atoms with Crippen molar-refractivity contribution in [1.82, 2.24) is 4.90 Å². The van der Waals surface area contributed by atoms with Crippen molar-refractivity contribution in [3.05, 3.63) is 95.6 Å². The van der Waals surface area contributed by atoms with E-state index in [4.69, 9.17) is 11.0 Å². The van der Waals surface area contributed by atoms with Gasteiger partial charge in [0.15, 0.2) is 0 Å². The average molecular weight is 494 g/mol. The first-order valence-corrected chi connectivity index (χ1v) is 12.3. The van der Waals surface area contributed by atoms with Crippen molar-refractivity contribution in [2.24, 2.45) is 5.92 Å². The number of nitrogens with one attached hydrogen (secondary N) is 2. The minimum atomic E-state index is -0.259. The lowest BCUT2D eigenvalue weighted by molar-refractivity contribution is -0.120. The summed E-state index contributed by atoms with van der Waals surface area (Å²) in [5, 5.41) is 14.8. The summed E-state index contributed by atoms with van der Waals surface area (Å²) < 4.78 is 0. The average Bonchev–Trinajstić information content (AvgIpc) is 3.36. The van der Waals surface area contributed by atoms with E-state index in [0.29, 0.717) is 35.2 Å². The van der Waals surface area contributed by atoms with E-state index in [0.717, 1.165) is 17.7 Å². The summed E-state index contributed by atoms with van der Waals surface area (Å²) in [6.45, 7) is 5.74. The van der Waals surface area contributed by atoms with Crippen LogP contribution in [-0.4, -0.2) is 35.8 Å². The van der Waals surface area contributed by atoms with Crippen molar-refractivity contribution in [3.63, 3.8) is 0 Å². The van der Waals surface area contributed by atoms with Gasteiger partial charge in [0.25, 0.3) is 0 Å². The van der Waals surface area contributed by atoms with Crippen LogP contribution in [0.1, 0.15) is 36.5 Å². The van der Waals surface area contributed by atoms with Gasteiger partial charge in [-0.05, 0) is 67.4 Å². The number of rotatable bonds is 7. The van der Waals surface area contributed by atoms with Crippen LogP contribution in [0.5, 0.6) is 0 Å². The summed E-state index contributed by atoms with van der Waals surface area (Å²) >= 11 is 0. The number of amides is 2. The summed E-state index contributed by atoms with van der Waals surface area (Å²) in [6, 6.07) is 24.4. The number of nitrogens with zero attached hydrogens (tertiary/aromatic N) is 2. The van der Waals surface area contributed by atoms with Crippen LogP contribution >= 0.6 is 0 Å². The first kappa shape index (κ1) is 25.7. The van der Waals surface area contributed by atoms with Gasteiger partial charge in [0.1, 0.15) is 0 Å². The van der Waals surface area contributed by atoms with E-state index in [2.05, 4.69) is 35.5 Å². The summed E-state index contributed by atoms with van der Waals surface area (Å²) in [6.07, 6.45) is 3.23. The largest absolute Gasteiger partial charge is 0.397 e. The molecule has 1 saturated heterocycles. The van der Waals surface area contributed by atoms with Gasteiger partial charge >= 0.3 is 0 Å². The van der Waals surface area contributed by atoms with Crippen LogP contribution in [0.4, 0.5) is 17.1 Å². The van der Waals surface area contributed by atoms with Crippen LogP contribution in [0, 0.1) is 17.2 Å². The molecule has 37 heavy (non-hydrogen) atoms. The topological polar surface area (TPSA) is 111 Å². The molecular formula is C30H31N5O2. The predicted octanol–water partition coefficient (Wildman–Crippen LogP) is 4.85. The number of hydrogen-bond acceptors (Lipinski definition) is 5. The molecule has 4 N–H and O–H groups in total. The molecule has 0 spiro atoms. The van der Waals surface area contributed by atoms with Gasteiger partial charge in [0, 0.05) is 36.8 Å². The molecule has 0 aromatic heterocycles. The van der Waals surface area contributed by atoms with Gasteiger partial charge in [0.05, 0.1) is 28.9 Å². The van der Waals surface area contributed by atoms with Crippen molar-refractivity contribution in [2.45, 2.75) is 25.8 Å². The Morgan fingerprint density at radius 2 is 1.70 bits per heavy atom. The van der Waals surface area contributed by atoms with Crippen LogP contribution < -0.4 is 16.4 Å². The smallest absolute Gasteiger partial charge is 0.248 e. The Kier molecular flexibility index (Phi) is 8.02. The van der Waals surface area contributed by atoms with E-state index in [1.54, 1.807) is 42.5 Å². The maximum atomic E-state index is 13.3. The number of nitrogens with two attached hydrogens (primary N) is 1. The SMILES string of the molecule is CC(C)N1CC(C(=O)Nc2ccc(C#N)cc2)C(c2ccc(/C=C/C(=O)Nc3ccccc3N)cc2)C1. The standard InChI is InChI=1S/C30H31N5O2/c1-20(2)35-18-25(26(19-35)30(37)33-24-14-9-22(17-31)10-15-24)23-12-7-21(8-13-23)11-16-29(36)34-28-6-4-3-5-27(28)32/h3-16,20,25-26H,18-19,32H2,1-2H3,(H,33,37)(H,34,36)/b16-11+. The molecule has 0 saturated carbocycles. The molecule has 2 amide bonds. The molecular weight excluding hydrogens is 462 g/mol. The molecule has 2 atom stereocenters. The molecule has 7 heteroatoms. The number of nitriles is 1. The third-order valence-corrected chi connectivity index (χ3v) is 6.71. The van der Waals surface area contributed by atoms with Crippen LogP contribution in [0.15, 0.2) is 78.9 Å². The van der Waals surface area contributed by atoms with Gasteiger partial charge < -0.3 is 16.4 Å². The van der Waals surface area contributed by atoms with Crippen molar-refractivity contribution in [3.8, 4) is 6.07 Å². The third-order valence-electron chi connectivity index (χ3n) is 6.71. The predicted molar refractivity (Wildman–Crippen MR) is 148 cm³/mol. The molecule has 3 aromatic rings. The number of carbonyl (C=O) groups is 2. The summed E-state index contributed by atoms with van der Waals surface area (Å²) in [5.74, 6) is -0.451. The Morgan fingerprint density at radius 1 is 1.00 bits per heavy atom. The molecule has 3 aromatic carbocycles. The molecule has 0 radical (unpaired) electrons. The summed E-state index contributed by atoms with van der Waals surface area (Å²) in [4.78, 5) is 27.9. The highest BCUT2D eigenvalue weighted by Crippen LogP contribution is 2.35. The van der Waals surface area contributed by atoms with Gasteiger partial charge in [-0.25, -0.2) is 0 Å². The van der Waals surface area contributed by atoms with Gasteiger partial charge in [0.2, 0.25) is 11.8 Å². The molecule has 4 rings (SSSR count). The first-order chi connectivity index (χ1) is 17.8. The maximum Gasteiger partial charge on any atom is 0.248 e. The molecule has 188 valence electrons. The highest BCUT2D eigenvalue weighted by atomic mass is 16.2. The van der Waals surface area contributed by atoms with Crippen molar-refractivity contribution in [2.75, 3.05) is 29.5 Å². The third kappa shape index (κ3) is 6.43. The monoisotopic (exact) mass is 493 g/mol. The summed E-state index contributed by atoms with van der Waals surface area (Å²) in [5.41, 5.74) is 10.2. The van der Waals surface area contributed by atoms with Crippen molar-refractivity contribution < 1.29 is 9.59 Å². The molecule has 7 nitrogen and oxygen atoms in total. The van der Waals surface area contributed by atoms with Gasteiger partial charge in [-0.1, -0.05) is 36.4 Å². The Hall–Kier alpha value is -4.41. The number of benzene rings is 3. The summed E-state index contributed by atoms with van der Waals surface area (Å²) in [7, 11) is 0. The van der Waals surface area contributed by atoms with Crippen LogP contribution in [0.3, 0.4) is 0 Å². The van der Waals surface area contributed by atoms with E-state index < -0.39 is 0 Å². The fraction of sp³-hybridized carbons (Fsp3) is 0.233. The first-order valence-electron chi connectivity index (χ1n) is 12.3. The minimum Gasteiger partial charge on any atom is -0.397 e. The number of anilines is 3. The van der Waals surface area contributed by atoms with Gasteiger partial charge in [-0.3, -0.25) is 14.5 Å². The van der Waals surface area contributed by atoms with E-state index in [1.807, 2.05) is 36.4 Å². The zero-order chi connectivity index (χ0) is 26.4. The number of carbonyl (C=O) groups excluding carboxylic acids is 2. The second-order valence-electron chi connectivity index (χ2n) is 9.52. The van der Waals surface area contributed by atoms with Crippen LogP contribution in [0.25, 0.3) is 6.08 Å². The highest BCUT2D eigenvalue weighted by molar-refractivity contribution is 6.03. The molecule has 0 bridgehead atoms. The highest BCUT2D eigenvalue weighted by Gasteiger charge is 2.39. The molecule has 1 fully saturated rings. The molecule has 1 aliphatic rings. The normalized spacial score (nSPS) is 17.6. The second-order valence-corrected chi connectivity index (χ2v) is 9.52. The van der Waals surface area contributed by atoms with Crippen LogP contribution in [0.2, 0.25) is 0 Å². The second kappa shape index (κ2) is 11.5. The molecule has 1 heterocycles. The number of nitrogen functional groups attached to an aromatic ring is 1. The van der Waals surface area contributed by atoms with E-state index in [9.17, 15) is 9.59 Å². The Morgan fingerprint density at radius 3 is 2.35 bits per heavy atom. The van der Waals surface area contributed by atoms with Gasteiger partial charge in [-0.15, -0.1) is 0 Å². The Labute approximate surface area is 217 Å². The lowest BCUT2D eigenvalue weighted by atomic mass is 9.88. The fourth-order valence-corrected chi connectivity index (χ4v) is 4.53. The van der Waals surface area contributed by atoms with Crippen LogP contribution in [-0.2, 0) is 9.59 Å². The minimum absolute atomic E-state index is 0.0290. The van der Waals surface area contributed by atoms with Crippen molar-refractivity contribution in [1.29, 1.82) is 5.26 Å². The Balaban J connectivity index is 1.45. The molecule has 0 aliphatic carbocycles. The van der Waals surface area contributed by atoms with Crippen molar-refractivity contribution >= 4 is 35.0 Å². The van der Waals surface area contributed by atoms with E-state index >= 15 is 0 Å². The number of likely N-dealkylation sites (tertiary alicyclic amines) is 1. The number of hydrogen-bond donors (Lipinski definition) is 3. The Bertz CT molecular complexity index is 1320. The number of para-hydroxylation sites is 2. The van der Waals surface area contributed by atoms with E-state index in [1.165, 1.54) is 6.08 Å². The molecule has 1 aliphatic heterocycles. The lowest BCUT2D eigenvalue weighted by Gasteiger charge is -2.20. The lowest BCUT2D eigenvalue weighted by Crippen LogP contribution is -2.31. The van der Waals surface area contributed by atoms with Gasteiger partial charge in [-0.2, -0.15) is 5.26 Å². The quantitative estimate of drug-likeness (QED) is 0.322. The zero-order valence-electron chi connectivity index (χ0n) is 21.0. The fourth-order valence-electron chi connectivity index (χ4n) is 4.53. The van der Waals surface area contributed by atoms with E-state index in [-0.39, 0.29) is 23.7 Å². The zero-order valence-corrected chi connectivity index (χ0v) is 21.0.